The Morgan fingerprint density at radius 2 is 1.72 bits per heavy atom. The molecule has 0 saturated heterocycles. The summed E-state index contributed by atoms with van der Waals surface area (Å²) in [5, 5.41) is 0. The van der Waals surface area contributed by atoms with Gasteiger partial charge < -0.3 is 5.73 Å². The molecule has 102 valence electrons. The fourth-order valence-electron chi connectivity index (χ4n) is 1.99. The van der Waals surface area contributed by atoms with Gasteiger partial charge in [0.25, 0.3) is 0 Å². The lowest BCUT2D eigenvalue weighted by Gasteiger charge is -2.23. The molecule has 0 radical (unpaired) electrons. The van der Waals surface area contributed by atoms with E-state index in [-0.39, 0.29) is 0 Å². The third kappa shape index (κ3) is 5.40. The van der Waals surface area contributed by atoms with Gasteiger partial charge in [-0.25, -0.2) is 0 Å². The zero-order valence-electron chi connectivity index (χ0n) is 11.6. The molecule has 0 aromatic heterocycles. The highest BCUT2D eigenvalue weighted by molar-refractivity contribution is 9.10. The molecule has 0 heterocycles. The first kappa shape index (κ1) is 15.5. The van der Waals surface area contributed by atoms with Crippen LogP contribution in [-0.4, -0.2) is 18.0 Å². The van der Waals surface area contributed by atoms with E-state index in [9.17, 15) is 0 Å². The summed E-state index contributed by atoms with van der Waals surface area (Å²) in [6.45, 7) is 7.78. The normalized spacial score (nSPS) is 11.1. The van der Waals surface area contributed by atoms with Gasteiger partial charge in [0.15, 0.2) is 0 Å². The average Bonchev–Trinajstić information content (AvgIpc) is 2.37. The number of benzene rings is 1. The first-order valence-electron chi connectivity index (χ1n) is 6.93. The van der Waals surface area contributed by atoms with Gasteiger partial charge >= 0.3 is 0 Å². The number of anilines is 1. The summed E-state index contributed by atoms with van der Waals surface area (Å²) >= 11 is 3.52. The monoisotopic (exact) mass is 312 g/mol. The molecule has 2 N–H and O–H groups in total. The summed E-state index contributed by atoms with van der Waals surface area (Å²) in [4.78, 5) is 2.52. The Labute approximate surface area is 120 Å². The molecule has 0 aliphatic heterocycles. The maximum atomic E-state index is 6.05. The van der Waals surface area contributed by atoms with Crippen molar-refractivity contribution in [1.82, 2.24) is 4.90 Å². The van der Waals surface area contributed by atoms with Crippen LogP contribution in [0.4, 0.5) is 5.69 Å². The molecule has 1 aromatic carbocycles. The smallest absolute Gasteiger partial charge is 0.0360 e. The predicted molar refractivity (Wildman–Crippen MR) is 83.6 cm³/mol. The van der Waals surface area contributed by atoms with Crippen molar-refractivity contribution in [2.75, 3.05) is 18.8 Å². The first-order chi connectivity index (χ1) is 8.67. The van der Waals surface area contributed by atoms with Crippen LogP contribution in [0.25, 0.3) is 0 Å². The summed E-state index contributed by atoms with van der Waals surface area (Å²) in [6.07, 6.45) is 5.02. The van der Waals surface area contributed by atoms with Crippen LogP contribution in [0.1, 0.15) is 45.1 Å². The first-order valence-corrected chi connectivity index (χ1v) is 7.73. The number of halogens is 1. The van der Waals surface area contributed by atoms with Gasteiger partial charge in [0, 0.05) is 16.7 Å². The van der Waals surface area contributed by atoms with Crippen molar-refractivity contribution >= 4 is 21.6 Å². The molecule has 3 heteroatoms. The topological polar surface area (TPSA) is 29.3 Å². The highest BCUT2D eigenvalue weighted by Gasteiger charge is 2.08. The third-order valence-corrected chi connectivity index (χ3v) is 3.65. The zero-order chi connectivity index (χ0) is 13.4. The van der Waals surface area contributed by atoms with Gasteiger partial charge in [-0.1, -0.05) is 42.6 Å². The highest BCUT2D eigenvalue weighted by Crippen LogP contribution is 2.20. The van der Waals surface area contributed by atoms with Crippen molar-refractivity contribution in [2.45, 2.75) is 46.1 Å². The predicted octanol–water partition coefficient (Wildman–Crippen LogP) is 4.43. The van der Waals surface area contributed by atoms with Crippen LogP contribution in [-0.2, 0) is 6.54 Å². The SMILES string of the molecule is CCCCN(CCCC)Cc1cc(Br)ccc1N. The van der Waals surface area contributed by atoms with Crippen molar-refractivity contribution in [3.05, 3.63) is 28.2 Å². The van der Waals surface area contributed by atoms with Crippen molar-refractivity contribution in [3.63, 3.8) is 0 Å². The lowest BCUT2D eigenvalue weighted by molar-refractivity contribution is 0.257. The van der Waals surface area contributed by atoms with Crippen molar-refractivity contribution in [3.8, 4) is 0 Å². The third-order valence-electron chi connectivity index (χ3n) is 3.15. The Balaban J connectivity index is 2.65. The van der Waals surface area contributed by atoms with Crippen LogP contribution < -0.4 is 5.73 Å². The largest absolute Gasteiger partial charge is 0.398 e. The number of nitrogens with zero attached hydrogens (tertiary/aromatic N) is 1. The fourth-order valence-corrected chi connectivity index (χ4v) is 2.39. The zero-order valence-corrected chi connectivity index (χ0v) is 13.2. The van der Waals surface area contributed by atoms with Crippen LogP contribution in [0.15, 0.2) is 22.7 Å². The Morgan fingerprint density at radius 3 is 2.28 bits per heavy atom. The minimum absolute atomic E-state index is 0.899. The van der Waals surface area contributed by atoms with Crippen LogP contribution >= 0.6 is 15.9 Å². The molecule has 0 aliphatic rings. The molecule has 0 atom stereocenters. The minimum Gasteiger partial charge on any atom is -0.398 e. The maximum absolute atomic E-state index is 6.05. The molecule has 0 unspecified atom stereocenters. The molecule has 2 nitrogen and oxygen atoms in total. The van der Waals surface area contributed by atoms with E-state index >= 15 is 0 Å². The van der Waals surface area contributed by atoms with Gasteiger partial charge in [-0.2, -0.15) is 0 Å². The lowest BCUT2D eigenvalue weighted by Crippen LogP contribution is -2.26. The van der Waals surface area contributed by atoms with Gasteiger partial charge in [-0.05, 0) is 49.7 Å². The van der Waals surface area contributed by atoms with Crippen LogP contribution in [0, 0.1) is 0 Å². The number of hydrogen-bond acceptors (Lipinski definition) is 2. The molecule has 0 spiro atoms. The minimum atomic E-state index is 0.899. The maximum Gasteiger partial charge on any atom is 0.0360 e. The molecular formula is C15H25BrN2. The van der Waals surface area contributed by atoms with Crippen molar-refractivity contribution in [1.29, 1.82) is 0 Å². The van der Waals surface area contributed by atoms with Crippen LogP contribution in [0.2, 0.25) is 0 Å². The Bertz CT molecular complexity index is 344. The van der Waals surface area contributed by atoms with E-state index in [1.807, 2.05) is 12.1 Å². The molecule has 0 bridgehead atoms. The molecular weight excluding hydrogens is 288 g/mol. The van der Waals surface area contributed by atoms with E-state index in [1.165, 1.54) is 44.3 Å². The van der Waals surface area contributed by atoms with E-state index in [4.69, 9.17) is 5.73 Å². The molecule has 1 rings (SSSR count). The Kier molecular flexibility index (Phi) is 7.36. The quantitative estimate of drug-likeness (QED) is 0.719. The summed E-state index contributed by atoms with van der Waals surface area (Å²) in [5.41, 5.74) is 8.18. The second-order valence-electron chi connectivity index (χ2n) is 4.83. The van der Waals surface area contributed by atoms with Gasteiger partial charge in [0.1, 0.15) is 0 Å². The number of nitrogens with two attached hydrogens (primary N) is 1. The fraction of sp³-hybridized carbons (Fsp3) is 0.600. The Morgan fingerprint density at radius 1 is 1.11 bits per heavy atom. The van der Waals surface area contributed by atoms with Gasteiger partial charge in [-0.15, -0.1) is 0 Å². The molecule has 0 saturated carbocycles. The number of nitrogen functional groups attached to an aromatic ring is 1. The van der Waals surface area contributed by atoms with Crippen LogP contribution in [0.3, 0.4) is 0 Å². The summed E-state index contributed by atoms with van der Waals surface area (Å²) in [7, 11) is 0. The summed E-state index contributed by atoms with van der Waals surface area (Å²) in [5.74, 6) is 0. The highest BCUT2D eigenvalue weighted by atomic mass is 79.9. The second-order valence-corrected chi connectivity index (χ2v) is 5.74. The molecule has 1 aromatic rings. The van der Waals surface area contributed by atoms with Crippen LogP contribution in [0.5, 0.6) is 0 Å². The van der Waals surface area contributed by atoms with Gasteiger partial charge in [-0.3, -0.25) is 4.90 Å². The summed E-state index contributed by atoms with van der Waals surface area (Å²) in [6, 6.07) is 6.12. The molecule has 0 fully saturated rings. The summed E-state index contributed by atoms with van der Waals surface area (Å²) < 4.78 is 1.11. The van der Waals surface area contributed by atoms with Gasteiger partial charge in [0.2, 0.25) is 0 Å². The lowest BCUT2D eigenvalue weighted by atomic mass is 10.1. The molecule has 18 heavy (non-hydrogen) atoms. The standard InChI is InChI=1S/C15H25BrN2/c1-3-5-9-18(10-6-4-2)12-13-11-14(16)7-8-15(13)17/h7-8,11H,3-6,9-10,12,17H2,1-2H3. The van der Waals surface area contributed by atoms with Crippen molar-refractivity contribution < 1.29 is 0 Å². The van der Waals surface area contributed by atoms with E-state index in [0.717, 1.165) is 16.7 Å². The van der Waals surface area contributed by atoms with Crippen molar-refractivity contribution in [2.24, 2.45) is 0 Å². The van der Waals surface area contributed by atoms with E-state index in [1.54, 1.807) is 0 Å². The average molecular weight is 313 g/mol. The number of rotatable bonds is 8. The van der Waals surface area contributed by atoms with E-state index in [2.05, 4.69) is 40.7 Å². The molecule has 0 aliphatic carbocycles. The number of hydrogen-bond donors (Lipinski definition) is 1. The van der Waals surface area contributed by atoms with E-state index in [0.29, 0.717) is 0 Å². The number of unbranched alkanes of at least 4 members (excludes halogenated alkanes) is 2. The van der Waals surface area contributed by atoms with E-state index < -0.39 is 0 Å². The van der Waals surface area contributed by atoms with Gasteiger partial charge in [0.05, 0.1) is 0 Å². The Hall–Kier alpha value is -0.540. The second kappa shape index (κ2) is 8.54. The molecule has 0 amide bonds.